The molecule has 0 aromatic heterocycles. The van der Waals surface area contributed by atoms with E-state index in [1.807, 2.05) is 13.0 Å². The van der Waals surface area contributed by atoms with Crippen LogP contribution in [0.15, 0.2) is 30.3 Å². The van der Waals surface area contributed by atoms with Gasteiger partial charge in [0, 0.05) is 32.1 Å². The van der Waals surface area contributed by atoms with Crippen LogP contribution in [-0.4, -0.2) is 41.8 Å². The molecule has 2 rings (SSSR count). The summed E-state index contributed by atoms with van der Waals surface area (Å²) < 4.78 is 0. The Kier molecular flexibility index (Phi) is 3.82. The number of likely N-dealkylation sites (tertiary alicyclic amines) is 1. The maximum Gasteiger partial charge on any atom is 0.0758 e. The normalized spacial score (nSPS) is 27.2. The van der Waals surface area contributed by atoms with Crippen molar-refractivity contribution >= 4 is 0 Å². The lowest BCUT2D eigenvalue weighted by Gasteiger charge is -2.24. The van der Waals surface area contributed by atoms with Gasteiger partial charge in [0.05, 0.1) is 5.60 Å². The number of benzene rings is 1. The third kappa shape index (κ3) is 3.28. The minimum Gasteiger partial charge on any atom is -0.389 e. The van der Waals surface area contributed by atoms with Crippen LogP contribution < -0.4 is 5.73 Å². The highest BCUT2D eigenvalue weighted by Gasteiger charge is 2.32. The zero-order chi connectivity index (χ0) is 12.3. The molecular weight excluding hydrogens is 212 g/mol. The van der Waals surface area contributed by atoms with Crippen LogP contribution in [0.5, 0.6) is 0 Å². The molecule has 0 bridgehead atoms. The number of nitrogens with zero attached hydrogens (tertiary/aromatic N) is 1. The monoisotopic (exact) mass is 234 g/mol. The van der Waals surface area contributed by atoms with Crippen molar-refractivity contribution in [1.29, 1.82) is 0 Å². The number of hydrogen-bond acceptors (Lipinski definition) is 3. The van der Waals surface area contributed by atoms with Crippen LogP contribution in [0, 0.1) is 0 Å². The van der Waals surface area contributed by atoms with Gasteiger partial charge < -0.3 is 10.8 Å². The highest BCUT2D eigenvalue weighted by atomic mass is 16.3. The average molecular weight is 234 g/mol. The molecule has 1 aromatic carbocycles. The SMILES string of the molecule is CC1(O)CCN(CC(CN)c2ccccc2)C1. The van der Waals surface area contributed by atoms with Gasteiger partial charge in [-0.1, -0.05) is 30.3 Å². The second-order valence-corrected chi connectivity index (χ2v) is 5.33. The first-order valence-electron chi connectivity index (χ1n) is 6.30. The molecule has 94 valence electrons. The summed E-state index contributed by atoms with van der Waals surface area (Å²) >= 11 is 0. The van der Waals surface area contributed by atoms with Crippen LogP contribution in [0.2, 0.25) is 0 Å². The van der Waals surface area contributed by atoms with Crippen LogP contribution in [0.25, 0.3) is 0 Å². The summed E-state index contributed by atoms with van der Waals surface area (Å²) in [6, 6.07) is 10.4. The predicted octanol–water partition coefficient (Wildman–Crippen LogP) is 1.19. The van der Waals surface area contributed by atoms with E-state index in [9.17, 15) is 5.11 Å². The summed E-state index contributed by atoms with van der Waals surface area (Å²) in [7, 11) is 0. The Bertz CT molecular complexity index is 350. The Morgan fingerprint density at radius 1 is 1.41 bits per heavy atom. The molecule has 17 heavy (non-hydrogen) atoms. The fourth-order valence-corrected chi connectivity index (χ4v) is 2.55. The molecular formula is C14H22N2O. The fraction of sp³-hybridized carbons (Fsp3) is 0.571. The lowest BCUT2D eigenvalue weighted by Crippen LogP contribution is -2.34. The molecule has 3 heteroatoms. The first-order valence-corrected chi connectivity index (χ1v) is 6.30. The Hall–Kier alpha value is -0.900. The van der Waals surface area contributed by atoms with Crippen LogP contribution in [0.1, 0.15) is 24.8 Å². The molecule has 3 N–H and O–H groups in total. The lowest BCUT2D eigenvalue weighted by molar-refractivity contribution is 0.0681. The predicted molar refractivity (Wildman–Crippen MR) is 69.9 cm³/mol. The Balaban J connectivity index is 1.97. The second-order valence-electron chi connectivity index (χ2n) is 5.33. The molecule has 3 nitrogen and oxygen atoms in total. The van der Waals surface area contributed by atoms with E-state index in [0.717, 1.165) is 26.1 Å². The van der Waals surface area contributed by atoms with E-state index in [1.165, 1.54) is 5.56 Å². The maximum absolute atomic E-state index is 9.95. The summed E-state index contributed by atoms with van der Waals surface area (Å²) in [6.45, 7) is 5.24. The lowest BCUT2D eigenvalue weighted by atomic mass is 9.99. The molecule has 0 radical (unpaired) electrons. The maximum atomic E-state index is 9.95. The van der Waals surface area contributed by atoms with Gasteiger partial charge in [0.25, 0.3) is 0 Å². The molecule has 1 aliphatic rings. The standard InChI is InChI=1S/C14H22N2O/c1-14(17)7-8-16(11-14)10-13(9-15)12-5-3-2-4-6-12/h2-6,13,17H,7-11,15H2,1H3. The van der Waals surface area contributed by atoms with E-state index < -0.39 is 5.60 Å². The Labute approximate surface area is 103 Å². The van der Waals surface area contributed by atoms with Crippen molar-refractivity contribution in [2.45, 2.75) is 24.9 Å². The van der Waals surface area contributed by atoms with E-state index in [0.29, 0.717) is 12.5 Å². The molecule has 1 fully saturated rings. The van der Waals surface area contributed by atoms with Crippen molar-refractivity contribution in [1.82, 2.24) is 4.90 Å². The zero-order valence-corrected chi connectivity index (χ0v) is 10.5. The summed E-state index contributed by atoms with van der Waals surface area (Å²) in [5.74, 6) is 0.366. The number of β-amino-alcohol motifs (C(OH)–C–C–N with tert-alkyl or cyclic N) is 1. The molecule has 0 saturated carbocycles. The third-order valence-electron chi connectivity index (χ3n) is 3.56. The van der Waals surface area contributed by atoms with Crippen molar-refractivity contribution in [3.05, 3.63) is 35.9 Å². The Morgan fingerprint density at radius 2 is 2.12 bits per heavy atom. The summed E-state index contributed by atoms with van der Waals surface area (Å²) in [6.07, 6.45) is 0.860. The quantitative estimate of drug-likeness (QED) is 0.822. The molecule has 1 aromatic rings. The minimum absolute atomic E-state index is 0.366. The second kappa shape index (κ2) is 5.17. The first kappa shape index (κ1) is 12.6. The van der Waals surface area contributed by atoms with Gasteiger partial charge in [-0.3, -0.25) is 4.90 Å². The van der Waals surface area contributed by atoms with Crippen LogP contribution in [0.4, 0.5) is 0 Å². The number of aliphatic hydroxyl groups is 1. The Morgan fingerprint density at radius 3 is 2.65 bits per heavy atom. The highest BCUT2D eigenvalue weighted by Crippen LogP contribution is 2.23. The van der Waals surface area contributed by atoms with Gasteiger partial charge in [-0.05, 0) is 18.9 Å². The number of nitrogens with two attached hydrogens (primary N) is 1. The van der Waals surface area contributed by atoms with Crippen LogP contribution >= 0.6 is 0 Å². The molecule has 1 aliphatic heterocycles. The van der Waals surface area contributed by atoms with Gasteiger partial charge in [-0.15, -0.1) is 0 Å². The van der Waals surface area contributed by atoms with E-state index >= 15 is 0 Å². The van der Waals surface area contributed by atoms with Crippen molar-refractivity contribution in [3.8, 4) is 0 Å². The van der Waals surface area contributed by atoms with E-state index in [4.69, 9.17) is 5.73 Å². The number of rotatable bonds is 4. The molecule has 0 amide bonds. The topological polar surface area (TPSA) is 49.5 Å². The fourth-order valence-electron chi connectivity index (χ4n) is 2.55. The zero-order valence-electron chi connectivity index (χ0n) is 10.5. The third-order valence-corrected chi connectivity index (χ3v) is 3.56. The molecule has 1 saturated heterocycles. The van der Waals surface area contributed by atoms with Gasteiger partial charge >= 0.3 is 0 Å². The average Bonchev–Trinajstić information content (AvgIpc) is 2.67. The van der Waals surface area contributed by atoms with E-state index in [1.54, 1.807) is 0 Å². The summed E-state index contributed by atoms with van der Waals surface area (Å²) in [4.78, 5) is 2.31. The molecule has 0 spiro atoms. The number of hydrogen-bond donors (Lipinski definition) is 2. The van der Waals surface area contributed by atoms with Gasteiger partial charge in [0.15, 0.2) is 0 Å². The minimum atomic E-state index is -0.518. The van der Waals surface area contributed by atoms with Crippen molar-refractivity contribution < 1.29 is 5.11 Å². The van der Waals surface area contributed by atoms with Crippen molar-refractivity contribution in [2.75, 3.05) is 26.2 Å². The molecule has 2 unspecified atom stereocenters. The molecule has 1 heterocycles. The van der Waals surface area contributed by atoms with E-state index in [-0.39, 0.29) is 0 Å². The molecule has 0 aliphatic carbocycles. The van der Waals surface area contributed by atoms with Gasteiger partial charge in [-0.25, -0.2) is 0 Å². The summed E-state index contributed by atoms with van der Waals surface area (Å²) in [5, 5.41) is 9.95. The van der Waals surface area contributed by atoms with Gasteiger partial charge in [0.1, 0.15) is 0 Å². The first-order chi connectivity index (χ1) is 8.11. The summed E-state index contributed by atoms with van der Waals surface area (Å²) in [5.41, 5.74) is 6.64. The smallest absolute Gasteiger partial charge is 0.0758 e. The van der Waals surface area contributed by atoms with Crippen molar-refractivity contribution in [2.24, 2.45) is 5.73 Å². The van der Waals surface area contributed by atoms with Crippen molar-refractivity contribution in [3.63, 3.8) is 0 Å². The molecule has 2 atom stereocenters. The highest BCUT2D eigenvalue weighted by molar-refractivity contribution is 5.20. The van der Waals surface area contributed by atoms with Crippen LogP contribution in [-0.2, 0) is 0 Å². The van der Waals surface area contributed by atoms with Gasteiger partial charge in [0.2, 0.25) is 0 Å². The largest absolute Gasteiger partial charge is 0.389 e. The van der Waals surface area contributed by atoms with Gasteiger partial charge in [-0.2, -0.15) is 0 Å². The van der Waals surface area contributed by atoms with Crippen LogP contribution in [0.3, 0.4) is 0 Å². The van der Waals surface area contributed by atoms with E-state index in [2.05, 4.69) is 29.2 Å².